The third-order valence-electron chi connectivity index (χ3n) is 4.85. The summed E-state index contributed by atoms with van der Waals surface area (Å²) < 4.78 is 0. The van der Waals surface area contributed by atoms with Gasteiger partial charge >= 0.3 is 0 Å². The van der Waals surface area contributed by atoms with Gasteiger partial charge in [-0.2, -0.15) is 0 Å². The summed E-state index contributed by atoms with van der Waals surface area (Å²) in [6.45, 7) is 8.13. The summed E-state index contributed by atoms with van der Waals surface area (Å²) in [7, 11) is 0. The molecule has 3 N–H and O–H groups in total. The van der Waals surface area contributed by atoms with Gasteiger partial charge in [-0.15, -0.1) is 23.7 Å². The molecule has 1 aliphatic heterocycles. The Morgan fingerprint density at radius 1 is 1.29 bits per heavy atom. The van der Waals surface area contributed by atoms with Crippen molar-refractivity contribution in [1.82, 2.24) is 9.88 Å². The maximum absolute atomic E-state index is 12.9. The fraction of sp³-hybridized carbons (Fsp3) is 0.450. The molecule has 0 spiro atoms. The van der Waals surface area contributed by atoms with Crippen molar-refractivity contribution in [2.75, 3.05) is 18.4 Å². The van der Waals surface area contributed by atoms with Crippen molar-refractivity contribution in [3.05, 3.63) is 45.4 Å². The van der Waals surface area contributed by atoms with Gasteiger partial charge in [-0.05, 0) is 42.9 Å². The normalized spacial score (nSPS) is 19.1. The van der Waals surface area contributed by atoms with E-state index in [9.17, 15) is 9.59 Å². The summed E-state index contributed by atoms with van der Waals surface area (Å²) >= 11 is 1.36. The van der Waals surface area contributed by atoms with Crippen LogP contribution in [0.4, 0.5) is 5.69 Å². The van der Waals surface area contributed by atoms with Crippen molar-refractivity contribution in [1.29, 1.82) is 0 Å². The van der Waals surface area contributed by atoms with E-state index in [0.29, 0.717) is 40.3 Å². The predicted octanol–water partition coefficient (Wildman–Crippen LogP) is 3.70. The molecule has 2 heterocycles. The molecule has 0 bridgehead atoms. The highest BCUT2D eigenvalue weighted by molar-refractivity contribution is 7.09. The molecule has 28 heavy (non-hydrogen) atoms. The molecule has 2 unspecified atom stereocenters. The highest BCUT2D eigenvalue weighted by Gasteiger charge is 2.26. The smallest absolute Gasteiger partial charge is 0.275 e. The third kappa shape index (κ3) is 5.10. The van der Waals surface area contributed by atoms with Crippen LogP contribution in [-0.2, 0) is 6.54 Å². The minimum absolute atomic E-state index is 0. The molecule has 8 heteroatoms. The lowest BCUT2D eigenvalue weighted by atomic mass is 9.91. The van der Waals surface area contributed by atoms with Crippen molar-refractivity contribution in [2.45, 2.75) is 33.7 Å². The van der Waals surface area contributed by atoms with E-state index in [1.165, 1.54) is 11.3 Å². The van der Waals surface area contributed by atoms with Gasteiger partial charge in [0.2, 0.25) is 0 Å². The van der Waals surface area contributed by atoms with Gasteiger partial charge in [0.15, 0.2) is 0 Å². The Morgan fingerprint density at radius 3 is 2.57 bits per heavy atom. The number of hydrogen-bond acceptors (Lipinski definition) is 5. The average Bonchev–Trinajstić information content (AvgIpc) is 3.11. The molecule has 2 aromatic rings. The molecule has 152 valence electrons. The number of nitrogens with zero attached hydrogens (tertiary/aromatic N) is 2. The number of halogens is 1. The second-order valence-corrected chi connectivity index (χ2v) is 8.41. The van der Waals surface area contributed by atoms with Crippen LogP contribution in [0.1, 0.15) is 51.7 Å². The summed E-state index contributed by atoms with van der Waals surface area (Å²) in [6, 6.07) is 5.45. The maximum atomic E-state index is 12.9. The van der Waals surface area contributed by atoms with Crippen LogP contribution < -0.4 is 11.1 Å². The van der Waals surface area contributed by atoms with Crippen molar-refractivity contribution in [3.63, 3.8) is 0 Å². The first kappa shape index (κ1) is 22.3. The van der Waals surface area contributed by atoms with E-state index in [-0.39, 0.29) is 24.2 Å². The number of nitrogens with two attached hydrogens (primary N) is 1. The zero-order valence-electron chi connectivity index (χ0n) is 16.4. The second-order valence-electron chi connectivity index (χ2n) is 7.47. The summed E-state index contributed by atoms with van der Waals surface area (Å²) in [5.41, 5.74) is 8.02. The first-order chi connectivity index (χ1) is 12.9. The number of nitrogens with one attached hydrogen (secondary N) is 1. The summed E-state index contributed by atoms with van der Waals surface area (Å²) in [5.74, 6) is 0.731. The molecule has 1 aromatic carbocycles. The van der Waals surface area contributed by atoms with E-state index in [0.717, 1.165) is 25.1 Å². The molecule has 1 fully saturated rings. The number of hydrogen-bond donors (Lipinski definition) is 2. The first-order valence-electron chi connectivity index (χ1n) is 9.23. The largest absolute Gasteiger partial charge is 0.338 e. The summed E-state index contributed by atoms with van der Waals surface area (Å²) in [6.07, 6.45) is 1.15. The number of carbonyl (C=O) groups excluding carboxylic acids is 2. The monoisotopic (exact) mass is 422 g/mol. The molecule has 2 amide bonds. The number of rotatable bonds is 4. The van der Waals surface area contributed by atoms with E-state index in [2.05, 4.69) is 24.1 Å². The molecule has 0 radical (unpaired) electrons. The standard InChI is InChI=1S/C20H26N4O2S.ClH/c1-12-6-13(2)10-24(9-12)20(26)15-5-4-14(3)16(7-15)23-19(25)17-11-27-18(8-21)22-17;/h4-5,7,11-13H,6,8-10,21H2,1-3H3,(H,23,25);1H. The topological polar surface area (TPSA) is 88.3 Å². The fourth-order valence-corrected chi connectivity index (χ4v) is 4.25. The molecule has 0 aliphatic carbocycles. The number of likely N-dealkylation sites (tertiary alicyclic amines) is 1. The van der Waals surface area contributed by atoms with Crippen LogP contribution >= 0.6 is 23.7 Å². The average molecular weight is 423 g/mol. The van der Waals surface area contributed by atoms with Gasteiger partial charge in [0.05, 0.1) is 0 Å². The minimum Gasteiger partial charge on any atom is -0.338 e. The number of aryl methyl sites for hydroxylation is 1. The Kier molecular flexibility index (Phi) is 7.57. The van der Waals surface area contributed by atoms with Crippen LogP contribution in [0.3, 0.4) is 0 Å². The Labute approximate surface area is 175 Å². The lowest BCUT2D eigenvalue weighted by Crippen LogP contribution is -2.42. The molecule has 2 atom stereocenters. The van der Waals surface area contributed by atoms with Crippen molar-refractivity contribution in [2.24, 2.45) is 17.6 Å². The van der Waals surface area contributed by atoms with Gasteiger partial charge in [-0.3, -0.25) is 9.59 Å². The van der Waals surface area contributed by atoms with Crippen LogP contribution in [0.25, 0.3) is 0 Å². The molecule has 3 rings (SSSR count). The van der Waals surface area contributed by atoms with Crippen molar-refractivity contribution >= 4 is 41.2 Å². The second kappa shape index (κ2) is 9.49. The van der Waals surface area contributed by atoms with Crippen molar-refractivity contribution < 1.29 is 9.59 Å². The SMILES string of the molecule is Cc1ccc(C(=O)N2CC(C)CC(C)C2)cc1NC(=O)c1csc(CN)n1.Cl. The van der Waals surface area contributed by atoms with Gasteiger partial charge in [0.1, 0.15) is 10.7 Å². The molecule has 1 aromatic heterocycles. The molecule has 1 saturated heterocycles. The van der Waals surface area contributed by atoms with E-state index < -0.39 is 0 Å². The lowest BCUT2D eigenvalue weighted by Gasteiger charge is -2.35. The highest BCUT2D eigenvalue weighted by atomic mass is 35.5. The molecular weight excluding hydrogens is 396 g/mol. The van der Waals surface area contributed by atoms with Crippen LogP contribution in [-0.4, -0.2) is 34.8 Å². The molecule has 1 aliphatic rings. The predicted molar refractivity (Wildman–Crippen MR) is 115 cm³/mol. The van der Waals surface area contributed by atoms with E-state index in [4.69, 9.17) is 5.73 Å². The number of carbonyl (C=O) groups is 2. The Morgan fingerprint density at radius 2 is 1.96 bits per heavy atom. The number of aromatic nitrogens is 1. The van der Waals surface area contributed by atoms with Gasteiger partial charge in [0, 0.05) is 36.3 Å². The Hall–Kier alpha value is -1.96. The minimum atomic E-state index is -0.293. The molecule has 0 saturated carbocycles. The third-order valence-corrected chi connectivity index (χ3v) is 5.72. The first-order valence-corrected chi connectivity index (χ1v) is 10.1. The van der Waals surface area contributed by atoms with E-state index in [1.54, 1.807) is 11.4 Å². The number of amides is 2. The van der Waals surface area contributed by atoms with Crippen LogP contribution in [0.2, 0.25) is 0 Å². The van der Waals surface area contributed by atoms with E-state index >= 15 is 0 Å². The van der Waals surface area contributed by atoms with E-state index in [1.807, 2.05) is 24.0 Å². The number of thiazole rings is 1. The van der Waals surface area contributed by atoms with Gasteiger partial charge in [-0.25, -0.2) is 4.98 Å². The summed E-state index contributed by atoms with van der Waals surface area (Å²) in [4.78, 5) is 31.5. The van der Waals surface area contributed by atoms with Crippen molar-refractivity contribution in [3.8, 4) is 0 Å². The fourth-order valence-electron chi connectivity index (χ4n) is 3.60. The van der Waals surface area contributed by atoms with Crippen LogP contribution in [0.15, 0.2) is 23.6 Å². The lowest BCUT2D eigenvalue weighted by molar-refractivity contribution is 0.0623. The van der Waals surface area contributed by atoms with Crippen LogP contribution in [0.5, 0.6) is 0 Å². The van der Waals surface area contributed by atoms with Gasteiger partial charge in [0.25, 0.3) is 11.8 Å². The van der Waals surface area contributed by atoms with Crippen LogP contribution in [0, 0.1) is 18.8 Å². The number of piperidine rings is 1. The molecule has 6 nitrogen and oxygen atoms in total. The Balaban J connectivity index is 0.00000280. The zero-order valence-corrected chi connectivity index (χ0v) is 18.0. The van der Waals surface area contributed by atoms with Gasteiger partial charge in [-0.1, -0.05) is 19.9 Å². The zero-order chi connectivity index (χ0) is 19.6. The Bertz CT molecular complexity index is 844. The quantitative estimate of drug-likeness (QED) is 0.786. The maximum Gasteiger partial charge on any atom is 0.275 e. The number of benzene rings is 1. The highest BCUT2D eigenvalue weighted by Crippen LogP contribution is 2.24. The summed E-state index contributed by atoms with van der Waals surface area (Å²) in [5, 5.41) is 5.28. The number of anilines is 1. The van der Waals surface area contributed by atoms with Gasteiger partial charge < -0.3 is 16.0 Å². The molecular formula is C20H27ClN4O2S.